The normalized spacial score (nSPS) is 21.7. The molecule has 1 aliphatic carbocycles. The second kappa shape index (κ2) is 5.21. The van der Waals surface area contributed by atoms with Crippen LogP contribution < -0.4 is 11.1 Å². The molecule has 1 fully saturated rings. The van der Waals surface area contributed by atoms with Crippen LogP contribution >= 0.6 is 15.9 Å². The molecule has 0 atom stereocenters. The van der Waals surface area contributed by atoms with Gasteiger partial charge >= 0.3 is 0 Å². The summed E-state index contributed by atoms with van der Waals surface area (Å²) >= 11 is 3.22. The van der Waals surface area contributed by atoms with Gasteiger partial charge in [-0.1, -0.05) is 27.7 Å². The predicted molar refractivity (Wildman–Crippen MR) is 87.3 cm³/mol. The first-order valence-electron chi connectivity index (χ1n) is 7.09. The lowest BCUT2D eigenvalue weighted by Gasteiger charge is -2.45. The molecule has 0 bridgehead atoms. The van der Waals surface area contributed by atoms with Gasteiger partial charge in [0.1, 0.15) is 5.82 Å². The predicted octanol–water partition coefficient (Wildman–Crippen LogP) is 5.19. The van der Waals surface area contributed by atoms with Crippen LogP contribution in [0.15, 0.2) is 16.6 Å². The third kappa shape index (κ3) is 3.66. The Morgan fingerprint density at radius 3 is 2.30 bits per heavy atom. The maximum atomic E-state index is 13.4. The fourth-order valence-electron chi connectivity index (χ4n) is 3.86. The molecule has 112 valence electrons. The molecule has 1 saturated carbocycles. The van der Waals surface area contributed by atoms with Crippen LogP contribution in [0.2, 0.25) is 0 Å². The molecule has 1 aromatic carbocycles. The van der Waals surface area contributed by atoms with Gasteiger partial charge in [-0.15, -0.1) is 0 Å². The van der Waals surface area contributed by atoms with Crippen molar-refractivity contribution in [3.63, 3.8) is 0 Å². The first-order valence-corrected chi connectivity index (χ1v) is 7.88. The van der Waals surface area contributed by atoms with Crippen LogP contribution in [0.25, 0.3) is 0 Å². The third-order valence-corrected chi connectivity index (χ3v) is 4.61. The van der Waals surface area contributed by atoms with Crippen molar-refractivity contribution < 1.29 is 4.39 Å². The number of nitrogens with one attached hydrogen (secondary N) is 1. The van der Waals surface area contributed by atoms with Crippen LogP contribution in [0, 0.1) is 16.6 Å². The monoisotopic (exact) mass is 342 g/mol. The van der Waals surface area contributed by atoms with Crippen LogP contribution in [-0.2, 0) is 0 Å². The SMILES string of the molecule is CC1(C)CC(Nc2cc(Br)c(F)cc2N)CC(C)(C)C1. The number of hydrogen-bond acceptors (Lipinski definition) is 2. The van der Waals surface area contributed by atoms with E-state index >= 15 is 0 Å². The largest absolute Gasteiger partial charge is 0.397 e. The Kier molecular flexibility index (Phi) is 4.07. The number of rotatable bonds is 2. The van der Waals surface area contributed by atoms with E-state index < -0.39 is 0 Å². The fraction of sp³-hybridized carbons (Fsp3) is 0.625. The van der Waals surface area contributed by atoms with E-state index in [9.17, 15) is 4.39 Å². The van der Waals surface area contributed by atoms with E-state index in [-0.39, 0.29) is 5.82 Å². The minimum Gasteiger partial charge on any atom is -0.397 e. The molecule has 4 heteroatoms. The molecule has 0 amide bonds. The van der Waals surface area contributed by atoms with Gasteiger partial charge in [0.05, 0.1) is 15.8 Å². The molecule has 2 rings (SSSR count). The molecule has 1 aromatic rings. The van der Waals surface area contributed by atoms with Gasteiger partial charge in [-0.25, -0.2) is 4.39 Å². The van der Waals surface area contributed by atoms with Crippen LogP contribution in [0.5, 0.6) is 0 Å². The highest BCUT2D eigenvalue weighted by Gasteiger charge is 2.38. The number of nitrogen functional groups attached to an aromatic ring is 1. The van der Waals surface area contributed by atoms with E-state index in [0.29, 0.717) is 27.0 Å². The van der Waals surface area contributed by atoms with Gasteiger partial charge in [0.2, 0.25) is 0 Å². The number of halogens is 2. The maximum Gasteiger partial charge on any atom is 0.139 e. The molecule has 0 spiro atoms. The van der Waals surface area contributed by atoms with E-state index in [4.69, 9.17) is 5.73 Å². The van der Waals surface area contributed by atoms with Crippen molar-refractivity contribution in [2.24, 2.45) is 10.8 Å². The zero-order valence-electron chi connectivity index (χ0n) is 12.7. The van der Waals surface area contributed by atoms with Gasteiger partial charge in [0.25, 0.3) is 0 Å². The summed E-state index contributed by atoms with van der Waals surface area (Å²) in [4.78, 5) is 0. The highest BCUT2D eigenvalue weighted by molar-refractivity contribution is 9.10. The minimum atomic E-state index is -0.322. The molecule has 3 N–H and O–H groups in total. The van der Waals surface area contributed by atoms with Crippen molar-refractivity contribution in [3.05, 3.63) is 22.4 Å². The Labute approximate surface area is 129 Å². The van der Waals surface area contributed by atoms with Crippen molar-refractivity contribution in [2.75, 3.05) is 11.1 Å². The lowest BCUT2D eigenvalue weighted by molar-refractivity contribution is 0.105. The van der Waals surface area contributed by atoms with Gasteiger partial charge in [0.15, 0.2) is 0 Å². The first kappa shape index (κ1) is 15.6. The minimum absolute atomic E-state index is 0.311. The smallest absolute Gasteiger partial charge is 0.139 e. The van der Waals surface area contributed by atoms with Gasteiger partial charge in [-0.05, 0) is 52.1 Å². The van der Waals surface area contributed by atoms with Gasteiger partial charge in [-0.3, -0.25) is 0 Å². The lowest BCUT2D eigenvalue weighted by atomic mass is 9.63. The molecule has 0 saturated heterocycles. The van der Waals surface area contributed by atoms with Crippen LogP contribution in [-0.4, -0.2) is 6.04 Å². The van der Waals surface area contributed by atoms with E-state index in [0.717, 1.165) is 18.5 Å². The maximum absolute atomic E-state index is 13.4. The molecule has 20 heavy (non-hydrogen) atoms. The van der Waals surface area contributed by atoms with Gasteiger partial charge in [0, 0.05) is 12.1 Å². The molecule has 1 aliphatic rings. The molecule has 0 radical (unpaired) electrons. The Bertz CT molecular complexity index is 495. The molecular weight excluding hydrogens is 319 g/mol. The Hall–Kier alpha value is -0.770. The summed E-state index contributed by atoms with van der Waals surface area (Å²) in [6, 6.07) is 3.47. The van der Waals surface area contributed by atoms with E-state index in [2.05, 4.69) is 48.9 Å². The number of benzene rings is 1. The summed E-state index contributed by atoms with van der Waals surface area (Å²) < 4.78 is 13.9. The van der Waals surface area contributed by atoms with E-state index in [1.165, 1.54) is 12.5 Å². The van der Waals surface area contributed by atoms with Crippen molar-refractivity contribution >= 4 is 27.3 Å². The number of anilines is 2. The molecule has 2 nitrogen and oxygen atoms in total. The average Bonchev–Trinajstić information content (AvgIpc) is 2.21. The summed E-state index contributed by atoms with van der Waals surface area (Å²) in [6.07, 6.45) is 3.43. The Morgan fingerprint density at radius 1 is 1.20 bits per heavy atom. The topological polar surface area (TPSA) is 38.0 Å². The molecular formula is C16H24BrFN2. The van der Waals surface area contributed by atoms with E-state index in [1.54, 1.807) is 6.07 Å². The Morgan fingerprint density at radius 2 is 1.75 bits per heavy atom. The second-order valence-corrected chi connectivity index (χ2v) is 8.46. The van der Waals surface area contributed by atoms with Gasteiger partial charge in [-0.2, -0.15) is 0 Å². The second-order valence-electron chi connectivity index (χ2n) is 7.61. The quantitative estimate of drug-likeness (QED) is 0.726. The van der Waals surface area contributed by atoms with Gasteiger partial charge < -0.3 is 11.1 Å². The molecule has 0 unspecified atom stereocenters. The Balaban J connectivity index is 2.19. The van der Waals surface area contributed by atoms with Crippen molar-refractivity contribution in [3.8, 4) is 0 Å². The zero-order chi connectivity index (χ0) is 15.1. The highest BCUT2D eigenvalue weighted by Crippen LogP contribution is 2.46. The number of hydrogen-bond donors (Lipinski definition) is 2. The summed E-state index contributed by atoms with van der Waals surface area (Å²) in [5.41, 5.74) is 7.82. The molecule has 0 aliphatic heterocycles. The zero-order valence-corrected chi connectivity index (χ0v) is 14.3. The standard InChI is InChI=1S/C16H24BrFN2/c1-15(2)7-10(8-16(3,4)9-15)20-14-5-11(17)12(18)6-13(14)19/h5-6,10,20H,7-9,19H2,1-4H3. The molecule has 0 aromatic heterocycles. The van der Waals surface area contributed by atoms with Crippen molar-refractivity contribution in [1.82, 2.24) is 0 Å². The van der Waals surface area contributed by atoms with Crippen LogP contribution in [0.1, 0.15) is 47.0 Å². The highest BCUT2D eigenvalue weighted by atomic mass is 79.9. The van der Waals surface area contributed by atoms with Crippen molar-refractivity contribution in [2.45, 2.75) is 53.0 Å². The summed E-state index contributed by atoms with van der Waals surface area (Å²) in [5.74, 6) is -0.322. The summed E-state index contributed by atoms with van der Waals surface area (Å²) in [6.45, 7) is 9.25. The number of nitrogens with two attached hydrogens (primary N) is 1. The molecule has 0 heterocycles. The van der Waals surface area contributed by atoms with E-state index in [1.807, 2.05) is 0 Å². The van der Waals surface area contributed by atoms with Crippen LogP contribution in [0.3, 0.4) is 0 Å². The lowest BCUT2D eigenvalue weighted by Crippen LogP contribution is -2.40. The summed E-state index contributed by atoms with van der Waals surface area (Å²) in [7, 11) is 0. The fourth-order valence-corrected chi connectivity index (χ4v) is 4.20. The first-order chi connectivity index (χ1) is 9.08. The average molecular weight is 343 g/mol. The summed E-state index contributed by atoms with van der Waals surface area (Å²) in [5, 5.41) is 3.51. The van der Waals surface area contributed by atoms with Crippen molar-refractivity contribution in [1.29, 1.82) is 0 Å². The third-order valence-electron chi connectivity index (χ3n) is 4.01. The van der Waals surface area contributed by atoms with Crippen LogP contribution in [0.4, 0.5) is 15.8 Å².